The lowest BCUT2D eigenvalue weighted by Gasteiger charge is -2.13. The van der Waals surface area contributed by atoms with E-state index in [4.69, 9.17) is 9.47 Å². The van der Waals surface area contributed by atoms with Crippen molar-refractivity contribution in [3.05, 3.63) is 59.4 Å². The molecular formula is C23H29N3O3. The molecule has 1 heterocycles. The van der Waals surface area contributed by atoms with E-state index in [-0.39, 0.29) is 5.91 Å². The number of hydrogen-bond acceptors (Lipinski definition) is 5. The molecule has 6 heteroatoms. The molecule has 0 saturated heterocycles. The summed E-state index contributed by atoms with van der Waals surface area (Å²) in [6.45, 7) is 1.27. The van der Waals surface area contributed by atoms with E-state index in [0.717, 1.165) is 24.1 Å². The van der Waals surface area contributed by atoms with Crippen molar-refractivity contribution in [2.75, 3.05) is 26.1 Å². The van der Waals surface area contributed by atoms with Crippen molar-refractivity contribution in [2.24, 2.45) is 0 Å². The summed E-state index contributed by atoms with van der Waals surface area (Å²) in [5.74, 6) is 1.27. The van der Waals surface area contributed by atoms with Gasteiger partial charge in [-0.3, -0.25) is 4.79 Å². The number of benzene rings is 1. The Morgan fingerprint density at radius 1 is 1.10 bits per heavy atom. The van der Waals surface area contributed by atoms with E-state index in [0.29, 0.717) is 30.3 Å². The van der Waals surface area contributed by atoms with Crippen LogP contribution in [-0.2, 0) is 6.54 Å². The first-order valence-corrected chi connectivity index (χ1v) is 10.1. The molecule has 0 spiro atoms. The lowest BCUT2D eigenvalue weighted by molar-refractivity contribution is 0.0949. The summed E-state index contributed by atoms with van der Waals surface area (Å²) < 4.78 is 10.6. The number of nitrogens with zero attached hydrogens (tertiary/aromatic N) is 1. The van der Waals surface area contributed by atoms with Gasteiger partial charge in [-0.1, -0.05) is 17.7 Å². The lowest BCUT2D eigenvalue weighted by atomic mass is 9.97. The Morgan fingerprint density at radius 2 is 1.97 bits per heavy atom. The zero-order valence-corrected chi connectivity index (χ0v) is 17.2. The first-order valence-electron chi connectivity index (χ1n) is 10.1. The molecule has 0 saturated carbocycles. The van der Waals surface area contributed by atoms with E-state index in [1.807, 2.05) is 24.3 Å². The molecule has 2 N–H and O–H groups in total. The highest BCUT2D eigenvalue weighted by Crippen LogP contribution is 2.27. The molecule has 154 valence electrons. The van der Waals surface area contributed by atoms with E-state index < -0.39 is 0 Å². The highest BCUT2D eigenvalue weighted by Gasteiger charge is 2.09. The number of ether oxygens (including phenoxy) is 2. The monoisotopic (exact) mass is 395 g/mol. The van der Waals surface area contributed by atoms with E-state index in [2.05, 4.69) is 21.7 Å². The third-order valence-electron chi connectivity index (χ3n) is 5.06. The molecule has 0 unspecified atom stereocenters. The zero-order valence-electron chi connectivity index (χ0n) is 17.2. The van der Waals surface area contributed by atoms with Crippen LogP contribution < -0.4 is 20.1 Å². The SMILES string of the molecule is COc1ccc(CNc2ccc(C(=O)NCCC3=CCCCC3)nc2)cc1OC. The zero-order chi connectivity index (χ0) is 20.5. The Bertz CT molecular complexity index is 847. The summed E-state index contributed by atoms with van der Waals surface area (Å²) in [6.07, 6.45) is 9.80. The molecule has 3 rings (SSSR count). The number of allylic oxidation sites excluding steroid dienone is 1. The second-order valence-corrected chi connectivity index (χ2v) is 7.09. The number of pyridine rings is 1. The third kappa shape index (κ3) is 5.98. The van der Waals surface area contributed by atoms with Crippen LogP contribution in [0.2, 0.25) is 0 Å². The summed E-state index contributed by atoms with van der Waals surface area (Å²) in [5.41, 5.74) is 3.80. The summed E-state index contributed by atoms with van der Waals surface area (Å²) in [5, 5.41) is 6.26. The van der Waals surface area contributed by atoms with Crippen molar-refractivity contribution in [3.63, 3.8) is 0 Å². The maximum Gasteiger partial charge on any atom is 0.269 e. The van der Waals surface area contributed by atoms with Crippen LogP contribution in [0.4, 0.5) is 5.69 Å². The molecule has 6 nitrogen and oxygen atoms in total. The van der Waals surface area contributed by atoms with Crippen LogP contribution in [0.25, 0.3) is 0 Å². The van der Waals surface area contributed by atoms with Gasteiger partial charge in [0.05, 0.1) is 26.1 Å². The van der Waals surface area contributed by atoms with Gasteiger partial charge in [-0.05, 0) is 61.9 Å². The molecule has 0 aliphatic heterocycles. The summed E-state index contributed by atoms with van der Waals surface area (Å²) in [7, 11) is 3.24. The number of methoxy groups -OCH3 is 2. The number of hydrogen-bond donors (Lipinski definition) is 2. The van der Waals surface area contributed by atoms with Crippen LogP contribution >= 0.6 is 0 Å². The minimum atomic E-state index is -0.132. The van der Waals surface area contributed by atoms with Crippen molar-refractivity contribution in [2.45, 2.75) is 38.6 Å². The number of nitrogens with one attached hydrogen (secondary N) is 2. The Kier molecular flexibility index (Phi) is 7.50. The molecule has 1 aromatic heterocycles. The molecule has 0 atom stereocenters. The van der Waals surface area contributed by atoms with Gasteiger partial charge in [0, 0.05) is 13.1 Å². The van der Waals surface area contributed by atoms with Crippen LogP contribution in [0.5, 0.6) is 11.5 Å². The summed E-state index contributed by atoms with van der Waals surface area (Å²) >= 11 is 0. The van der Waals surface area contributed by atoms with Gasteiger partial charge in [-0.15, -0.1) is 0 Å². The normalized spacial score (nSPS) is 13.4. The maximum absolute atomic E-state index is 12.3. The molecule has 1 amide bonds. The Morgan fingerprint density at radius 3 is 2.66 bits per heavy atom. The molecule has 2 aromatic rings. The number of rotatable bonds is 9. The summed E-state index contributed by atoms with van der Waals surface area (Å²) in [4.78, 5) is 16.6. The smallest absolute Gasteiger partial charge is 0.269 e. The standard InChI is InChI=1S/C23H29N3O3/c1-28-21-11-8-18(14-22(21)29-2)15-25-19-9-10-20(26-16-19)23(27)24-13-12-17-6-4-3-5-7-17/h6,8-11,14,16,25H,3-5,7,12-13,15H2,1-2H3,(H,24,27). The maximum atomic E-state index is 12.3. The lowest BCUT2D eigenvalue weighted by Crippen LogP contribution is -2.25. The first kappa shape index (κ1) is 20.7. The van der Waals surface area contributed by atoms with Crippen molar-refractivity contribution >= 4 is 11.6 Å². The van der Waals surface area contributed by atoms with Gasteiger partial charge in [-0.2, -0.15) is 0 Å². The predicted molar refractivity (Wildman–Crippen MR) is 115 cm³/mol. The average Bonchev–Trinajstić information content (AvgIpc) is 2.78. The average molecular weight is 396 g/mol. The van der Waals surface area contributed by atoms with Gasteiger partial charge in [0.15, 0.2) is 11.5 Å². The van der Waals surface area contributed by atoms with Gasteiger partial charge in [0.25, 0.3) is 5.91 Å². The molecule has 0 radical (unpaired) electrons. The van der Waals surface area contributed by atoms with Gasteiger partial charge in [0.1, 0.15) is 5.69 Å². The number of amides is 1. The van der Waals surface area contributed by atoms with Crippen LogP contribution in [0.1, 0.15) is 48.2 Å². The number of aromatic nitrogens is 1. The largest absolute Gasteiger partial charge is 0.493 e. The van der Waals surface area contributed by atoms with Gasteiger partial charge < -0.3 is 20.1 Å². The van der Waals surface area contributed by atoms with Crippen molar-refractivity contribution in [3.8, 4) is 11.5 Å². The van der Waals surface area contributed by atoms with E-state index >= 15 is 0 Å². The van der Waals surface area contributed by atoms with Gasteiger partial charge in [0.2, 0.25) is 0 Å². The van der Waals surface area contributed by atoms with Crippen molar-refractivity contribution < 1.29 is 14.3 Å². The fourth-order valence-corrected chi connectivity index (χ4v) is 3.39. The first-order chi connectivity index (χ1) is 14.2. The van der Waals surface area contributed by atoms with Crippen molar-refractivity contribution in [1.82, 2.24) is 10.3 Å². The number of carbonyl (C=O) groups is 1. The minimum Gasteiger partial charge on any atom is -0.493 e. The van der Waals surface area contributed by atoms with Crippen LogP contribution in [-0.4, -0.2) is 31.7 Å². The molecular weight excluding hydrogens is 366 g/mol. The highest BCUT2D eigenvalue weighted by atomic mass is 16.5. The van der Waals surface area contributed by atoms with E-state index in [9.17, 15) is 4.79 Å². The third-order valence-corrected chi connectivity index (χ3v) is 5.06. The van der Waals surface area contributed by atoms with Crippen molar-refractivity contribution in [1.29, 1.82) is 0 Å². The van der Waals surface area contributed by atoms with Crippen LogP contribution in [0.15, 0.2) is 48.2 Å². The van der Waals surface area contributed by atoms with Crippen LogP contribution in [0, 0.1) is 0 Å². The second-order valence-electron chi connectivity index (χ2n) is 7.09. The number of carbonyl (C=O) groups excluding carboxylic acids is 1. The molecule has 29 heavy (non-hydrogen) atoms. The Hall–Kier alpha value is -3.02. The minimum absolute atomic E-state index is 0.132. The Labute approximate surface area is 172 Å². The van der Waals surface area contributed by atoms with E-state index in [1.165, 1.54) is 24.8 Å². The number of anilines is 1. The molecule has 1 aliphatic carbocycles. The molecule has 0 bridgehead atoms. The highest BCUT2D eigenvalue weighted by molar-refractivity contribution is 5.92. The second kappa shape index (κ2) is 10.5. The quantitative estimate of drug-likeness (QED) is 0.618. The topological polar surface area (TPSA) is 72.5 Å². The summed E-state index contributed by atoms with van der Waals surface area (Å²) in [6, 6.07) is 9.40. The van der Waals surface area contributed by atoms with Gasteiger partial charge in [-0.25, -0.2) is 4.98 Å². The fraction of sp³-hybridized carbons (Fsp3) is 0.391. The fourth-order valence-electron chi connectivity index (χ4n) is 3.39. The predicted octanol–water partition coefficient (Wildman–Crippen LogP) is 4.33. The van der Waals surface area contributed by atoms with E-state index in [1.54, 1.807) is 26.5 Å². The molecule has 1 aliphatic rings. The Balaban J connectivity index is 1.48. The van der Waals surface area contributed by atoms with Crippen LogP contribution in [0.3, 0.4) is 0 Å². The molecule has 1 aromatic carbocycles. The molecule has 0 fully saturated rings. The van der Waals surface area contributed by atoms with Gasteiger partial charge >= 0.3 is 0 Å².